The molecule has 0 radical (unpaired) electrons. The van der Waals surface area contributed by atoms with Crippen LogP contribution in [0.1, 0.15) is 52.0 Å². The first-order valence-corrected chi connectivity index (χ1v) is 7.13. The normalized spacial score (nSPS) is 14.1. The third-order valence-corrected chi connectivity index (χ3v) is 3.75. The number of benzene rings is 1. The Morgan fingerprint density at radius 1 is 1.25 bits per heavy atom. The third kappa shape index (κ3) is 3.89. The highest BCUT2D eigenvalue weighted by Crippen LogP contribution is 2.35. The second kappa shape index (κ2) is 7.17. The first kappa shape index (κ1) is 16.3. The molecule has 1 aromatic rings. The number of carbonyl (C=O) groups is 1. The molecule has 0 aromatic heterocycles. The zero-order chi connectivity index (χ0) is 15.3. The van der Waals surface area contributed by atoms with E-state index in [1.54, 1.807) is 19.1 Å². The van der Waals surface area contributed by atoms with Crippen molar-refractivity contribution in [3.63, 3.8) is 0 Å². The van der Waals surface area contributed by atoms with Crippen LogP contribution in [-0.2, 0) is 4.79 Å². The highest BCUT2D eigenvalue weighted by Gasteiger charge is 2.29. The van der Waals surface area contributed by atoms with Crippen LogP contribution in [0.3, 0.4) is 0 Å². The van der Waals surface area contributed by atoms with Gasteiger partial charge in [-0.1, -0.05) is 39.3 Å². The highest BCUT2D eigenvalue weighted by atomic mass is 16.6. The summed E-state index contributed by atoms with van der Waals surface area (Å²) in [4.78, 5) is 22.3. The summed E-state index contributed by atoms with van der Waals surface area (Å²) in [6.45, 7) is 7.84. The van der Waals surface area contributed by atoms with Crippen molar-refractivity contribution in [2.24, 2.45) is 11.8 Å². The van der Waals surface area contributed by atoms with E-state index in [4.69, 9.17) is 0 Å². The molecule has 0 spiro atoms. The van der Waals surface area contributed by atoms with Crippen molar-refractivity contribution in [2.45, 2.75) is 46.5 Å². The third-order valence-electron chi connectivity index (χ3n) is 3.75. The number of Topliss-reactive ketones (excluding diaryl/α,β-unsaturated/α-hetero) is 1. The smallest absolute Gasteiger partial charge is 0.269 e. The van der Waals surface area contributed by atoms with Gasteiger partial charge in [0.1, 0.15) is 5.78 Å². The van der Waals surface area contributed by atoms with Crippen LogP contribution in [0.25, 0.3) is 0 Å². The number of rotatable bonds is 7. The van der Waals surface area contributed by atoms with Crippen molar-refractivity contribution < 1.29 is 9.72 Å². The summed E-state index contributed by atoms with van der Waals surface area (Å²) in [5.74, 6) is 0.561. The number of nitro groups is 1. The number of nitrogens with zero attached hydrogens (tertiary/aromatic N) is 1. The molecule has 4 heteroatoms. The molecule has 1 rings (SSSR count). The lowest BCUT2D eigenvalue weighted by molar-refractivity contribution is -0.384. The van der Waals surface area contributed by atoms with Gasteiger partial charge in [-0.05, 0) is 30.7 Å². The largest absolute Gasteiger partial charge is 0.300 e. The van der Waals surface area contributed by atoms with Crippen LogP contribution in [-0.4, -0.2) is 10.7 Å². The number of nitro benzene ring substituents is 1. The molecule has 0 heterocycles. The molecular formula is C16H23NO3. The van der Waals surface area contributed by atoms with E-state index in [0.717, 1.165) is 18.4 Å². The summed E-state index contributed by atoms with van der Waals surface area (Å²) >= 11 is 0. The molecule has 0 aliphatic rings. The van der Waals surface area contributed by atoms with Crippen molar-refractivity contribution in [1.29, 1.82) is 0 Å². The van der Waals surface area contributed by atoms with Gasteiger partial charge in [0.2, 0.25) is 0 Å². The maximum atomic E-state index is 11.9. The van der Waals surface area contributed by atoms with E-state index in [9.17, 15) is 14.9 Å². The van der Waals surface area contributed by atoms with Gasteiger partial charge < -0.3 is 0 Å². The fourth-order valence-corrected chi connectivity index (χ4v) is 2.93. The van der Waals surface area contributed by atoms with Crippen LogP contribution in [0.15, 0.2) is 24.3 Å². The summed E-state index contributed by atoms with van der Waals surface area (Å²) in [5, 5.41) is 10.7. The number of carbonyl (C=O) groups excluding carboxylic acids is 1. The number of hydrogen-bond donors (Lipinski definition) is 0. The molecule has 0 fully saturated rings. The summed E-state index contributed by atoms with van der Waals surface area (Å²) < 4.78 is 0. The molecule has 0 saturated carbocycles. The minimum atomic E-state index is -0.399. The lowest BCUT2D eigenvalue weighted by Crippen LogP contribution is -2.25. The molecule has 4 nitrogen and oxygen atoms in total. The highest BCUT2D eigenvalue weighted by molar-refractivity contribution is 5.79. The van der Waals surface area contributed by atoms with E-state index in [0.29, 0.717) is 0 Å². The Kier molecular flexibility index (Phi) is 5.86. The standard InChI is InChI=1S/C16H23NO3/c1-5-6-15(16(11(2)3)12(4)18)13-7-9-14(10-8-13)17(19)20/h7-11,15-16H,5-6H2,1-4H3. The van der Waals surface area contributed by atoms with Gasteiger partial charge in [-0.3, -0.25) is 14.9 Å². The molecule has 0 saturated heterocycles. The van der Waals surface area contributed by atoms with E-state index < -0.39 is 4.92 Å². The quantitative estimate of drug-likeness (QED) is 0.550. The van der Waals surface area contributed by atoms with Crippen LogP contribution < -0.4 is 0 Å². The van der Waals surface area contributed by atoms with Gasteiger partial charge in [0.25, 0.3) is 5.69 Å². The molecule has 20 heavy (non-hydrogen) atoms. The van der Waals surface area contributed by atoms with Crippen LogP contribution in [0, 0.1) is 22.0 Å². The minimum Gasteiger partial charge on any atom is -0.300 e. The molecule has 0 amide bonds. The Morgan fingerprint density at radius 3 is 2.15 bits per heavy atom. The monoisotopic (exact) mass is 277 g/mol. The van der Waals surface area contributed by atoms with Gasteiger partial charge in [0.15, 0.2) is 0 Å². The van der Waals surface area contributed by atoms with Gasteiger partial charge in [0.05, 0.1) is 4.92 Å². The first-order chi connectivity index (χ1) is 9.38. The maximum Gasteiger partial charge on any atom is 0.269 e. The van der Waals surface area contributed by atoms with E-state index in [2.05, 4.69) is 20.8 Å². The average molecular weight is 277 g/mol. The summed E-state index contributed by atoms with van der Waals surface area (Å²) in [7, 11) is 0. The van der Waals surface area contributed by atoms with Gasteiger partial charge in [-0.15, -0.1) is 0 Å². The fourth-order valence-electron chi connectivity index (χ4n) is 2.93. The lowest BCUT2D eigenvalue weighted by Gasteiger charge is -2.28. The lowest BCUT2D eigenvalue weighted by atomic mass is 9.75. The molecular weight excluding hydrogens is 254 g/mol. The Balaban J connectivity index is 3.11. The molecule has 1 aromatic carbocycles. The second-order valence-electron chi connectivity index (χ2n) is 5.62. The number of hydrogen-bond acceptors (Lipinski definition) is 3. The van der Waals surface area contributed by atoms with Gasteiger partial charge in [-0.25, -0.2) is 0 Å². The Bertz CT molecular complexity index is 465. The van der Waals surface area contributed by atoms with Crippen LogP contribution in [0.5, 0.6) is 0 Å². The Hall–Kier alpha value is -1.71. The molecule has 0 N–H and O–H groups in total. The summed E-state index contributed by atoms with van der Waals surface area (Å²) in [5.41, 5.74) is 1.11. The fraction of sp³-hybridized carbons (Fsp3) is 0.562. The van der Waals surface area contributed by atoms with Crippen molar-refractivity contribution in [2.75, 3.05) is 0 Å². The molecule has 2 unspecified atom stereocenters. The Morgan fingerprint density at radius 2 is 1.80 bits per heavy atom. The van der Waals surface area contributed by atoms with Crippen LogP contribution in [0.4, 0.5) is 5.69 Å². The van der Waals surface area contributed by atoms with Gasteiger partial charge in [-0.2, -0.15) is 0 Å². The summed E-state index contributed by atoms with van der Waals surface area (Å²) in [6.07, 6.45) is 1.90. The Labute approximate surface area is 120 Å². The van der Waals surface area contributed by atoms with Crippen LogP contribution in [0.2, 0.25) is 0 Å². The van der Waals surface area contributed by atoms with Gasteiger partial charge >= 0.3 is 0 Å². The number of non-ortho nitro benzene ring substituents is 1. The molecule has 0 aliphatic carbocycles. The predicted octanol–water partition coefficient (Wildman–Crippen LogP) is 4.34. The molecule has 0 bridgehead atoms. The van der Waals surface area contributed by atoms with Crippen molar-refractivity contribution in [1.82, 2.24) is 0 Å². The zero-order valence-corrected chi connectivity index (χ0v) is 12.6. The topological polar surface area (TPSA) is 60.2 Å². The molecule has 110 valence electrons. The van der Waals surface area contributed by atoms with E-state index in [1.165, 1.54) is 12.1 Å². The van der Waals surface area contributed by atoms with E-state index in [1.807, 2.05) is 0 Å². The molecule has 2 atom stereocenters. The SMILES string of the molecule is CCCC(c1ccc([N+](=O)[O-])cc1)C(C(C)=O)C(C)C. The second-order valence-corrected chi connectivity index (χ2v) is 5.62. The van der Waals surface area contributed by atoms with E-state index >= 15 is 0 Å². The minimum absolute atomic E-state index is 0.0311. The maximum absolute atomic E-state index is 11.9. The zero-order valence-electron chi connectivity index (χ0n) is 12.6. The van der Waals surface area contributed by atoms with Crippen molar-refractivity contribution in [3.05, 3.63) is 39.9 Å². The van der Waals surface area contributed by atoms with Crippen molar-refractivity contribution in [3.8, 4) is 0 Å². The van der Waals surface area contributed by atoms with Crippen LogP contribution >= 0.6 is 0 Å². The van der Waals surface area contributed by atoms with Crippen molar-refractivity contribution >= 4 is 11.5 Å². The van der Waals surface area contributed by atoms with Gasteiger partial charge in [0, 0.05) is 18.1 Å². The predicted molar refractivity (Wildman–Crippen MR) is 79.8 cm³/mol. The number of ketones is 1. The average Bonchev–Trinajstić information content (AvgIpc) is 2.37. The summed E-state index contributed by atoms with van der Waals surface area (Å²) in [6, 6.07) is 6.62. The van der Waals surface area contributed by atoms with E-state index in [-0.39, 0.29) is 29.2 Å². The first-order valence-electron chi connectivity index (χ1n) is 7.13. The molecule has 0 aliphatic heterocycles.